The van der Waals surface area contributed by atoms with Crippen molar-refractivity contribution in [2.45, 2.75) is 31.8 Å². The molecular weight excluding hydrogens is 290 g/mol. The van der Waals surface area contributed by atoms with Crippen LogP contribution in [0.2, 0.25) is 5.15 Å². The van der Waals surface area contributed by atoms with Crippen LogP contribution >= 0.6 is 22.9 Å². The number of ether oxygens (including phenoxy) is 1. The van der Waals surface area contributed by atoms with E-state index in [4.69, 9.17) is 11.6 Å². The molecule has 1 unspecified atom stereocenters. The summed E-state index contributed by atoms with van der Waals surface area (Å²) in [5.41, 5.74) is 0. The lowest BCUT2D eigenvalue weighted by Gasteiger charge is -2.12. The van der Waals surface area contributed by atoms with Gasteiger partial charge in [0.2, 0.25) is 5.91 Å². The summed E-state index contributed by atoms with van der Waals surface area (Å²) in [7, 11) is 1.27. The van der Waals surface area contributed by atoms with Gasteiger partial charge < -0.3 is 15.4 Å². The summed E-state index contributed by atoms with van der Waals surface area (Å²) in [6.07, 6.45) is 2.07. The van der Waals surface area contributed by atoms with Gasteiger partial charge in [-0.2, -0.15) is 0 Å². The number of thiazole rings is 1. The lowest BCUT2D eigenvalue weighted by atomic mass is 10.3. The zero-order valence-electron chi connectivity index (χ0n) is 10.5. The first-order valence-electron chi connectivity index (χ1n) is 5.82. The predicted octanol–water partition coefficient (Wildman–Crippen LogP) is 1.66. The number of amides is 1. The number of methoxy groups -OCH3 is 1. The van der Waals surface area contributed by atoms with E-state index >= 15 is 0 Å². The third-order valence-corrected chi connectivity index (χ3v) is 3.97. The SMILES string of the molecule is COC(=O)c1sc(NC(C)C(=O)NC2CC2)nc1Cl. The normalized spacial score (nSPS) is 15.7. The molecule has 1 aliphatic carbocycles. The molecule has 1 aromatic rings. The fourth-order valence-electron chi connectivity index (χ4n) is 1.39. The summed E-state index contributed by atoms with van der Waals surface area (Å²) in [4.78, 5) is 27.3. The van der Waals surface area contributed by atoms with Crippen molar-refractivity contribution >= 4 is 39.9 Å². The first kappa shape index (κ1) is 14.1. The van der Waals surface area contributed by atoms with Crippen LogP contribution in [0, 0.1) is 0 Å². The molecule has 8 heteroatoms. The number of carbonyl (C=O) groups excluding carboxylic acids is 2. The van der Waals surface area contributed by atoms with Crippen LogP contribution in [-0.4, -0.2) is 36.1 Å². The minimum absolute atomic E-state index is 0.0779. The number of carbonyl (C=O) groups is 2. The molecule has 104 valence electrons. The summed E-state index contributed by atoms with van der Waals surface area (Å²) in [6.45, 7) is 1.73. The molecule has 1 fully saturated rings. The Balaban J connectivity index is 1.98. The van der Waals surface area contributed by atoms with Gasteiger partial charge in [0, 0.05) is 6.04 Å². The molecule has 1 atom stereocenters. The van der Waals surface area contributed by atoms with Gasteiger partial charge in [0.1, 0.15) is 6.04 Å². The Morgan fingerprint density at radius 2 is 2.21 bits per heavy atom. The number of nitrogens with zero attached hydrogens (tertiary/aromatic N) is 1. The molecule has 1 heterocycles. The highest BCUT2D eigenvalue weighted by molar-refractivity contribution is 7.18. The topological polar surface area (TPSA) is 80.3 Å². The Morgan fingerprint density at radius 3 is 2.79 bits per heavy atom. The molecule has 0 bridgehead atoms. The zero-order chi connectivity index (χ0) is 14.0. The number of anilines is 1. The van der Waals surface area contributed by atoms with Crippen molar-refractivity contribution in [1.29, 1.82) is 0 Å². The van der Waals surface area contributed by atoms with Gasteiger partial charge in [0.05, 0.1) is 7.11 Å². The lowest BCUT2D eigenvalue weighted by Crippen LogP contribution is -2.38. The van der Waals surface area contributed by atoms with Gasteiger partial charge in [-0.15, -0.1) is 0 Å². The van der Waals surface area contributed by atoms with Crippen LogP contribution < -0.4 is 10.6 Å². The maximum atomic E-state index is 11.8. The highest BCUT2D eigenvalue weighted by Crippen LogP contribution is 2.28. The third-order valence-electron chi connectivity index (χ3n) is 2.61. The minimum atomic E-state index is -0.536. The molecule has 0 aliphatic heterocycles. The Bertz CT molecular complexity index is 501. The molecule has 0 aromatic carbocycles. The van der Waals surface area contributed by atoms with E-state index in [2.05, 4.69) is 20.4 Å². The van der Waals surface area contributed by atoms with Crippen LogP contribution in [0.25, 0.3) is 0 Å². The molecule has 19 heavy (non-hydrogen) atoms. The number of hydrogen-bond acceptors (Lipinski definition) is 6. The second-order valence-electron chi connectivity index (χ2n) is 4.28. The van der Waals surface area contributed by atoms with E-state index in [9.17, 15) is 9.59 Å². The average molecular weight is 304 g/mol. The molecule has 1 aromatic heterocycles. The molecule has 0 radical (unpaired) electrons. The van der Waals surface area contributed by atoms with E-state index in [1.54, 1.807) is 6.92 Å². The van der Waals surface area contributed by atoms with Gasteiger partial charge in [-0.25, -0.2) is 9.78 Å². The van der Waals surface area contributed by atoms with E-state index in [1.165, 1.54) is 7.11 Å². The van der Waals surface area contributed by atoms with Crippen molar-refractivity contribution in [2.75, 3.05) is 12.4 Å². The quantitative estimate of drug-likeness (QED) is 0.809. The standard InChI is InChI=1S/C11H14ClN3O3S/c1-5(9(16)14-6-3-4-6)13-11-15-8(12)7(19-11)10(17)18-2/h5-6H,3-4H2,1-2H3,(H,13,15)(H,14,16). The highest BCUT2D eigenvalue weighted by Gasteiger charge is 2.26. The van der Waals surface area contributed by atoms with Gasteiger partial charge in [-0.3, -0.25) is 4.79 Å². The van der Waals surface area contributed by atoms with Crippen molar-refractivity contribution in [3.05, 3.63) is 10.0 Å². The number of hydrogen-bond donors (Lipinski definition) is 2. The Hall–Kier alpha value is -1.34. The number of nitrogens with one attached hydrogen (secondary N) is 2. The maximum Gasteiger partial charge on any atom is 0.351 e. The lowest BCUT2D eigenvalue weighted by molar-refractivity contribution is -0.121. The summed E-state index contributed by atoms with van der Waals surface area (Å²) in [6, 6.07) is -0.129. The van der Waals surface area contributed by atoms with E-state index in [1.807, 2.05) is 0 Å². The molecule has 1 amide bonds. The number of esters is 1. The van der Waals surface area contributed by atoms with Gasteiger partial charge >= 0.3 is 5.97 Å². The summed E-state index contributed by atoms with van der Waals surface area (Å²) in [5, 5.41) is 6.30. The smallest absolute Gasteiger partial charge is 0.351 e. The maximum absolute atomic E-state index is 11.8. The summed E-state index contributed by atoms with van der Waals surface area (Å²) >= 11 is 6.90. The van der Waals surface area contributed by atoms with Gasteiger partial charge in [0.15, 0.2) is 15.2 Å². The molecule has 1 aliphatic rings. The van der Waals surface area contributed by atoms with Crippen LogP contribution in [-0.2, 0) is 9.53 Å². The van der Waals surface area contributed by atoms with E-state index in [0.717, 1.165) is 24.2 Å². The first-order valence-corrected chi connectivity index (χ1v) is 7.02. The Morgan fingerprint density at radius 1 is 1.53 bits per heavy atom. The van der Waals surface area contributed by atoms with Gasteiger partial charge in [-0.05, 0) is 19.8 Å². The van der Waals surface area contributed by atoms with Crippen LogP contribution in [0.4, 0.5) is 5.13 Å². The van der Waals surface area contributed by atoms with Crippen molar-refractivity contribution in [3.63, 3.8) is 0 Å². The van der Waals surface area contributed by atoms with E-state index in [0.29, 0.717) is 11.2 Å². The van der Waals surface area contributed by atoms with Gasteiger partial charge in [-0.1, -0.05) is 22.9 Å². The summed E-state index contributed by atoms with van der Waals surface area (Å²) < 4.78 is 4.58. The first-order chi connectivity index (χ1) is 9.01. The number of halogens is 1. The molecule has 2 rings (SSSR count). The van der Waals surface area contributed by atoms with Crippen LogP contribution in [0.1, 0.15) is 29.4 Å². The van der Waals surface area contributed by atoms with Crippen molar-refractivity contribution < 1.29 is 14.3 Å². The molecule has 6 nitrogen and oxygen atoms in total. The largest absolute Gasteiger partial charge is 0.465 e. The van der Waals surface area contributed by atoms with E-state index < -0.39 is 12.0 Å². The Kier molecular flexibility index (Phi) is 4.26. The zero-order valence-corrected chi connectivity index (χ0v) is 12.1. The minimum Gasteiger partial charge on any atom is -0.465 e. The fourth-order valence-corrected chi connectivity index (χ4v) is 2.58. The van der Waals surface area contributed by atoms with Crippen molar-refractivity contribution in [1.82, 2.24) is 10.3 Å². The molecular formula is C11H14ClN3O3S. The summed E-state index contributed by atoms with van der Waals surface area (Å²) in [5.74, 6) is -0.626. The molecule has 2 N–H and O–H groups in total. The van der Waals surface area contributed by atoms with Crippen molar-refractivity contribution in [2.24, 2.45) is 0 Å². The molecule has 0 spiro atoms. The van der Waals surface area contributed by atoms with Crippen LogP contribution in [0.5, 0.6) is 0 Å². The number of rotatable bonds is 5. The average Bonchev–Trinajstić information content (AvgIpc) is 3.11. The second kappa shape index (κ2) is 5.75. The van der Waals surface area contributed by atoms with Gasteiger partial charge in [0.25, 0.3) is 0 Å². The third kappa shape index (κ3) is 3.57. The van der Waals surface area contributed by atoms with E-state index in [-0.39, 0.29) is 15.9 Å². The second-order valence-corrected chi connectivity index (χ2v) is 5.64. The van der Waals surface area contributed by atoms with Crippen molar-refractivity contribution in [3.8, 4) is 0 Å². The van der Waals surface area contributed by atoms with Crippen LogP contribution in [0.15, 0.2) is 0 Å². The predicted molar refractivity (Wildman–Crippen MR) is 72.7 cm³/mol. The monoisotopic (exact) mass is 303 g/mol. The van der Waals surface area contributed by atoms with Crippen LogP contribution in [0.3, 0.4) is 0 Å². The highest BCUT2D eigenvalue weighted by atomic mass is 35.5. The molecule has 1 saturated carbocycles. The molecule has 0 saturated heterocycles. The fraction of sp³-hybridized carbons (Fsp3) is 0.545. The number of aromatic nitrogens is 1. The Labute approximate surface area is 119 Å².